The van der Waals surface area contributed by atoms with Gasteiger partial charge in [-0.1, -0.05) is 53.4 Å². The third kappa shape index (κ3) is 4.48. The summed E-state index contributed by atoms with van der Waals surface area (Å²) in [6, 6.07) is 0.0558. The maximum Gasteiger partial charge on any atom is 0.241 e. The summed E-state index contributed by atoms with van der Waals surface area (Å²) >= 11 is 0. The number of hydrogen-bond acceptors (Lipinski definition) is 2. The van der Waals surface area contributed by atoms with Gasteiger partial charge in [-0.25, -0.2) is 0 Å². The van der Waals surface area contributed by atoms with Crippen molar-refractivity contribution in [2.24, 2.45) is 5.92 Å². The zero-order chi connectivity index (χ0) is 14.3. The number of unbranched alkanes of at least 4 members (excludes halogenated alkanes) is 1. The average Bonchev–Trinajstić information content (AvgIpc) is 2.71. The van der Waals surface area contributed by atoms with Crippen LogP contribution in [-0.4, -0.2) is 29.6 Å². The van der Waals surface area contributed by atoms with E-state index in [9.17, 15) is 4.79 Å². The molecule has 1 rings (SSSR count). The van der Waals surface area contributed by atoms with Gasteiger partial charge in [-0.2, -0.15) is 0 Å². The normalized spacial score (nSPS) is 25.1. The van der Waals surface area contributed by atoms with Gasteiger partial charge in [-0.3, -0.25) is 10.1 Å². The van der Waals surface area contributed by atoms with Crippen molar-refractivity contribution in [3.63, 3.8) is 0 Å². The number of nitrogens with one attached hydrogen (secondary N) is 1. The van der Waals surface area contributed by atoms with E-state index in [1.54, 1.807) is 0 Å². The molecule has 1 fully saturated rings. The molecule has 1 aliphatic heterocycles. The Hall–Kier alpha value is -0.570. The molecule has 0 bridgehead atoms. The van der Waals surface area contributed by atoms with Gasteiger partial charge >= 0.3 is 0 Å². The largest absolute Gasteiger partial charge is 0.326 e. The van der Waals surface area contributed by atoms with E-state index in [1.807, 2.05) is 0 Å². The van der Waals surface area contributed by atoms with E-state index >= 15 is 0 Å². The van der Waals surface area contributed by atoms with E-state index < -0.39 is 0 Å². The maximum absolute atomic E-state index is 12.4. The van der Waals surface area contributed by atoms with E-state index in [4.69, 9.17) is 0 Å². The molecule has 112 valence electrons. The first-order valence-electron chi connectivity index (χ1n) is 8.24. The van der Waals surface area contributed by atoms with Crippen LogP contribution < -0.4 is 5.32 Å². The Morgan fingerprint density at radius 1 is 1.21 bits per heavy atom. The van der Waals surface area contributed by atoms with E-state index in [2.05, 4.69) is 37.9 Å². The molecule has 0 aliphatic carbocycles. The highest BCUT2D eigenvalue weighted by atomic mass is 16.2. The highest BCUT2D eigenvalue weighted by molar-refractivity contribution is 5.84. The minimum atomic E-state index is 0.0558. The topological polar surface area (TPSA) is 32.3 Å². The smallest absolute Gasteiger partial charge is 0.241 e. The highest BCUT2D eigenvalue weighted by Crippen LogP contribution is 2.22. The second-order valence-corrected chi connectivity index (χ2v) is 5.84. The molecule has 3 atom stereocenters. The lowest BCUT2D eigenvalue weighted by molar-refractivity contribution is -0.130. The fourth-order valence-corrected chi connectivity index (χ4v) is 2.97. The predicted molar refractivity (Wildman–Crippen MR) is 80.9 cm³/mol. The highest BCUT2D eigenvalue weighted by Gasteiger charge is 2.37. The summed E-state index contributed by atoms with van der Waals surface area (Å²) < 4.78 is 0. The summed E-state index contributed by atoms with van der Waals surface area (Å²) in [5, 5.41) is 3.50. The number of amides is 1. The van der Waals surface area contributed by atoms with Gasteiger partial charge in [0.2, 0.25) is 5.91 Å². The van der Waals surface area contributed by atoms with Gasteiger partial charge in [0.25, 0.3) is 0 Å². The maximum atomic E-state index is 12.4. The van der Waals surface area contributed by atoms with Crippen molar-refractivity contribution in [1.29, 1.82) is 0 Å². The second kappa shape index (κ2) is 8.57. The van der Waals surface area contributed by atoms with Crippen molar-refractivity contribution in [2.45, 2.75) is 84.8 Å². The van der Waals surface area contributed by atoms with Gasteiger partial charge in [0.05, 0.1) is 12.2 Å². The van der Waals surface area contributed by atoms with Gasteiger partial charge in [-0.15, -0.1) is 0 Å². The summed E-state index contributed by atoms with van der Waals surface area (Å²) in [6.45, 7) is 9.72. The van der Waals surface area contributed by atoms with Crippen LogP contribution in [0.5, 0.6) is 0 Å². The van der Waals surface area contributed by atoms with Crippen LogP contribution >= 0.6 is 0 Å². The minimum Gasteiger partial charge on any atom is -0.326 e. The van der Waals surface area contributed by atoms with E-state index in [0.29, 0.717) is 11.8 Å². The average molecular weight is 268 g/mol. The van der Waals surface area contributed by atoms with E-state index in [0.717, 1.165) is 25.8 Å². The zero-order valence-electron chi connectivity index (χ0n) is 13.2. The number of nitrogens with zero attached hydrogens (tertiary/aromatic N) is 1. The van der Waals surface area contributed by atoms with Crippen LogP contribution in [0.1, 0.15) is 72.6 Å². The molecule has 1 aliphatic rings. The molecule has 1 heterocycles. The molecule has 1 saturated heterocycles. The third-order valence-electron chi connectivity index (χ3n) is 4.32. The molecule has 1 N–H and O–H groups in total. The van der Waals surface area contributed by atoms with E-state index in [1.165, 1.54) is 25.7 Å². The Morgan fingerprint density at radius 3 is 2.47 bits per heavy atom. The van der Waals surface area contributed by atoms with Gasteiger partial charge in [0.15, 0.2) is 0 Å². The molecule has 1 amide bonds. The predicted octanol–water partition coefficient (Wildman–Crippen LogP) is 3.54. The van der Waals surface area contributed by atoms with Crippen molar-refractivity contribution in [2.75, 3.05) is 6.54 Å². The van der Waals surface area contributed by atoms with Crippen LogP contribution in [0.2, 0.25) is 0 Å². The van der Waals surface area contributed by atoms with Crippen LogP contribution in [0.25, 0.3) is 0 Å². The number of hydrogen-bond donors (Lipinski definition) is 1. The summed E-state index contributed by atoms with van der Waals surface area (Å²) in [5.41, 5.74) is 0. The molecular formula is C16H32N2O. The quantitative estimate of drug-likeness (QED) is 0.693. The molecule has 3 heteroatoms. The molecule has 0 radical (unpaired) electrons. The summed E-state index contributed by atoms with van der Waals surface area (Å²) in [7, 11) is 0. The Morgan fingerprint density at radius 2 is 1.95 bits per heavy atom. The Kier molecular flexibility index (Phi) is 7.44. The minimum absolute atomic E-state index is 0.0558. The lowest BCUT2D eigenvalue weighted by atomic mass is 9.98. The van der Waals surface area contributed by atoms with Gasteiger partial charge in [-0.05, 0) is 25.2 Å². The molecule has 0 aromatic carbocycles. The molecule has 0 aromatic rings. The van der Waals surface area contributed by atoms with E-state index in [-0.39, 0.29) is 12.2 Å². The Labute approximate surface area is 119 Å². The van der Waals surface area contributed by atoms with Crippen LogP contribution in [0, 0.1) is 5.92 Å². The summed E-state index contributed by atoms with van der Waals surface area (Å²) in [6.07, 6.45) is 8.35. The molecule has 0 spiro atoms. The van der Waals surface area contributed by atoms with Crippen LogP contribution in [0.15, 0.2) is 0 Å². The van der Waals surface area contributed by atoms with Crippen molar-refractivity contribution in [3.8, 4) is 0 Å². The lowest BCUT2D eigenvalue weighted by Crippen LogP contribution is -2.40. The fourth-order valence-electron chi connectivity index (χ4n) is 2.97. The van der Waals surface area contributed by atoms with Crippen molar-refractivity contribution < 1.29 is 4.79 Å². The first kappa shape index (κ1) is 16.5. The first-order chi connectivity index (χ1) is 9.17. The summed E-state index contributed by atoms with van der Waals surface area (Å²) in [5.74, 6) is 0.997. The van der Waals surface area contributed by atoms with Gasteiger partial charge in [0.1, 0.15) is 0 Å². The second-order valence-electron chi connectivity index (χ2n) is 5.84. The molecular weight excluding hydrogens is 236 g/mol. The number of rotatable bonds is 9. The van der Waals surface area contributed by atoms with Crippen molar-refractivity contribution >= 4 is 5.91 Å². The van der Waals surface area contributed by atoms with Crippen LogP contribution in [0.4, 0.5) is 0 Å². The number of carbonyl (C=O) groups excluding carboxylic acids is 1. The SMILES string of the molecule is CCCCC(CC)CN1C(=O)C(CC)NC1CCC. The fraction of sp³-hybridized carbons (Fsp3) is 0.938. The zero-order valence-corrected chi connectivity index (χ0v) is 13.2. The lowest BCUT2D eigenvalue weighted by Gasteiger charge is -2.28. The van der Waals surface area contributed by atoms with Gasteiger partial charge < -0.3 is 4.90 Å². The van der Waals surface area contributed by atoms with Crippen LogP contribution in [0.3, 0.4) is 0 Å². The molecule has 3 unspecified atom stereocenters. The van der Waals surface area contributed by atoms with Crippen molar-refractivity contribution in [1.82, 2.24) is 10.2 Å². The van der Waals surface area contributed by atoms with Gasteiger partial charge in [0, 0.05) is 6.54 Å². The molecule has 3 nitrogen and oxygen atoms in total. The Balaban J connectivity index is 2.62. The third-order valence-corrected chi connectivity index (χ3v) is 4.32. The monoisotopic (exact) mass is 268 g/mol. The molecule has 0 aromatic heterocycles. The first-order valence-corrected chi connectivity index (χ1v) is 8.24. The standard InChI is InChI=1S/C16H32N2O/c1-5-9-11-13(7-3)12-18-15(10-6-2)17-14(8-4)16(18)19/h13-15,17H,5-12H2,1-4H3. The van der Waals surface area contributed by atoms with Crippen molar-refractivity contribution in [3.05, 3.63) is 0 Å². The van der Waals surface area contributed by atoms with Crippen LogP contribution in [-0.2, 0) is 4.79 Å². The Bertz CT molecular complexity index is 267. The molecule has 0 saturated carbocycles. The number of carbonyl (C=O) groups is 1. The summed E-state index contributed by atoms with van der Waals surface area (Å²) in [4.78, 5) is 14.5. The molecule has 19 heavy (non-hydrogen) atoms.